The number of carboxylic acids is 1. The first kappa shape index (κ1) is 14.7. The van der Waals surface area contributed by atoms with Gasteiger partial charge in [0.15, 0.2) is 0 Å². The van der Waals surface area contributed by atoms with Gasteiger partial charge in [0.2, 0.25) is 0 Å². The Kier molecular flexibility index (Phi) is 4.91. The van der Waals surface area contributed by atoms with Crippen molar-refractivity contribution < 1.29 is 9.90 Å². The predicted octanol–water partition coefficient (Wildman–Crippen LogP) is 2.91. The zero-order valence-corrected chi connectivity index (χ0v) is 11.7. The zero-order chi connectivity index (χ0) is 13.8. The van der Waals surface area contributed by atoms with E-state index in [1.54, 1.807) is 12.1 Å². The van der Waals surface area contributed by atoms with Gasteiger partial charge < -0.3 is 10.0 Å². The van der Waals surface area contributed by atoms with Gasteiger partial charge in [0, 0.05) is 13.1 Å². The van der Waals surface area contributed by atoms with Crippen LogP contribution in [0.25, 0.3) is 0 Å². The number of nitrogens with zero attached hydrogens (tertiary/aromatic N) is 1. The fourth-order valence-electron chi connectivity index (χ4n) is 2.15. The number of benzene rings is 1. The summed E-state index contributed by atoms with van der Waals surface area (Å²) in [6.45, 7) is 8.49. The smallest absolute Gasteiger partial charge is 0.335 e. The minimum Gasteiger partial charge on any atom is -0.478 e. The highest BCUT2D eigenvalue weighted by molar-refractivity contribution is 5.89. The Balaban J connectivity index is 2.61. The Morgan fingerprint density at radius 2 is 1.89 bits per heavy atom. The van der Waals surface area contributed by atoms with Gasteiger partial charge in [-0.05, 0) is 30.5 Å². The molecule has 1 aromatic carbocycles. The van der Waals surface area contributed by atoms with E-state index in [2.05, 4.69) is 32.7 Å². The van der Waals surface area contributed by atoms with E-state index >= 15 is 0 Å². The summed E-state index contributed by atoms with van der Waals surface area (Å²) in [5.74, 6) is -0.843. The molecule has 0 aromatic heterocycles. The highest BCUT2D eigenvalue weighted by atomic mass is 16.4. The first-order valence-corrected chi connectivity index (χ1v) is 6.29. The molecule has 1 N–H and O–H groups in total. The van der Waals surface area contributed by atoms with Gasteiger partial charge in [0.1, 0.15) is 0 Å². The number of rotatable bonds is 5. The van der Waals surface area contributed by atoms with Crippen molar-refractivity contribution in [1.82, 2.24) is 4.90 Å². The molecule has 3 nitrogen and oxygen atoms in total. The highest BCUT2D eigenvalue weighted by Gasteiger charge is 2.14. The van der Waals surface area contributed by atoms with Crippen molar-refractivity contribution in [2.24, 2.45) is 5.41 Å². The molecule has 0 unspecified atom stereocenters. The van der Waals surface area contributed by atoms with Gasteiger partial charge in [-0.15, -0.1) is 0 Å². The summed E-state index contributed by atoms with van der Waals surface area (Å²) in [4.78, 5) is 13.3. The zero-order valence-electron chi connectivity index (χ0n) is 11.7. The molecule has 3 heteroatoms. The van der Waals surface area contributed by atoms with Crippen LogP contribution in [0.3, 0.4) is 0 Å². The minimum atomic E-state index is -0.843. The van der Waals surface area contributed by atoms with E-state index in [9.17, 15) is 4.79 Å². The highest BCUT2D eigenvalue weighted by Crippen LogP contribution is 2.15. The van der Waals surface area contributed by atoms with Crippen molar-refractivity contribution in [1.29, 1.82) is 0 Å². The quantitative estimate of drug-likeness (QED) is 0.872. The monoisotopic (exact) mass is 249 g/mol. The molecule has 0 aliphatic heterocycles. The van der Waals surface area contributed by atoms with Crippen LogP contribution < -0.4 is 0 Å². The lowest BCUT2D eigenvalue weighted by Crippen LogP contribution is -2.31. The molecular weight excluding hydrogens is 226 g/mol. The molecule has 0 atom stereocenters. The van der Waals surface area contributed by atoms with Gasteiger partial charge in [-0.2, -0.15) is 0 Å². The summed E-state index contributed by atoms with van der Waals surface area (Å²) >= 11 is 0. The number of carbonyl (C=O) groups is 1. The third kappa shape index (κ3) is 4.88. The maximum atomic E-state index is 11.1. The molecule has 0 spiro atoms. The second kappa shape index (κ2) is 6.01. The predicted molar refractivity (Wildman–Crippen MR) is 74.1 cm³/mol. The van der Waals surface area contributed by atoms with E-state index in [1.807, 2.05) is 12.1 Å². The van der Waals surface area contributed by atoms with Crippen LogP contribution in [-0.2, 0) is 6.42 Å². The molecule has 0 heterocycles. The molecule has 0 saturated heterocycles. The Morgan fingerprint density at radius 3 is 2.44 bits per heavy atom. The van der Waals surface area contributed by atoms with E-state index in [0.717, 1.165) is 25.1 Å². The summed E-state index contributed by atoms with van der Waals surface area (Å²) in [5, 5.41) is 9.10. The number of likely N-dealkylation sites (N-methyl/N-ethyl adjacent to an activating group) is 1. The van der Waals surface area contributed by atoms with Crippen LogP contribution in [0.1, 0.15) is 36.7 Å². The van der Waals surface area contributed by atoms with Crippen LogP contribution in [0.4, 0.5) is 0 Å². The fraction of sp³-hybridized carbons (Fsp3) is 0.533. The summed E-state index contributed by atoms with van der Waals surface area (Å²) in [6, 6.07) is 7.23. The molecule has 1 aromatic rings. The second-order valence-corrected chi connectivity index (χ2v) is 6.01. The van der Waals surface area contributed by atoms with Crippen molar-refractivity contribution in [2.45, 2.75) is 27.2 Å². The summed E-state index contributed by atoms with van der Waals surface area (Å²) in [6.07, 6.45) is 0.773. The fourth-order valence-corrected chi connectivity index (χ4v) is 2.15. The molecule has 0 aliphatic rings. The summed E-state index contributed by atoms with van der Waals surface area (Å²) < 4.78 is 0. The first-order valence-electron chi connectivity index (χ1n) is 6.29. The third-order valence-corrected chi connectivity index (χ3v) is 2.75. The standard InChI is InChI=1S/C15H23NO2/c1-15(2,3)11-16(4)10-9-12-7-5-6-8-13(12)14(17)18/h5-8H,9-11H2,1-4H3,(H,17,18). The Labute approximate surface area is 109 Å². The lowest BCUT2D eigenvalue weighted by atomic mass is 9.96. The maximum absolute atomic E-state index is 11.1. The van der Waals surface area contributed by atoms with Gasteiger partial charge in [-0.25, -0.2) is 4.79 Å². The topological polar surface area (TPSA) is 40.5 Å². The van der Waals surface area contributed by atoms with Crippen LogP contribution in [0.2, 0.25) is 0 Å². The average molecular weight is 249 g/mol. The van der Waals surface area contributed by atoms with E-state index < -0.39 is 5.97 Å². The van der Waals surface area contributed by atoms with Gasteiger partial charge >= 0.3 is 5.97 Å². The Morgan fingerprint density at radius 1 is 1.28 bits per heavy atom. The van der Waals surface area contributed by atoms with Crippen LogP contribution in [-0.4, -0.2) is 36.1 Å². The second-order valence-electron chi connectivity index (χ2n) is 6.01. The molecular formula is C15H23NO2. The first-order chi connectivity index (χ1) is 8.29. The molecule has 1 rings (SSSR count). The largest absolute Gasteiger partial charge is 0.478 e. The van der Waals surface area contributed by atoms with E-state index in [0.29, 0.717) is 5.56 Å². The molecule has 0 saturated carbocycles. The SMILES string of the molecule is CN(CCc1ccccc1C(=O)O)CC(C)(C)C. The van der Waals surface area contributed by atoms with E-state index in [4.69, 9.17) is 5.11 Å². The van der Waals surface area contributed by atoms with Crippen molar-refractivity contribution in [3.63, 3.8) is 0 Å². The normalized spacial score (nSPS) is 11.8. The maximum Gasteiger partial charge on any atom is 0.335 e. The Hall–Kier alpha value is -1.35. The molecule has 0 amide bonds. The molecule has 0 aliphatic carbocycles. The number of hydrogen-bond acceptors (Lipinski definition) is 2. The third-order valence-electron chi connectivity index (χ3n) is 2.75. The lowest BCUT2D eigenvalue weighted by molar-refractivity contribution is 0.0695. The summed E-state index contributed by atoms with van der Waals surface area (Å²) in [7, 11) is 2.08. The number of carboxylic acid groups (broad SMARTS) is 1. The minimum absolute atomic E-state index is 0.265. The molecule has 0 radical (unpaired) electrons. The molecule has 18 heavy (non-hydrogen) atoms. The van der Waals surface area contributed by atoms with Gasteiger partial charge in [0.05, 0.1) is 5.56 Å². The van der Waals surface area contributed by atoms with Gasteiger partial charge in [-0.1, -0.05) is 39.0 Å². The summed E-state index contributed by atoms with van der Waals surface area (Å²) in [5.41, 5.74) is 1.59. The van der Waals surface area contributed by atoms with Crippen molar-refractivity contribution in [2.75, 3.05) is 20.1 Å². The van der Waals surface area contributed by atoms with Gasteiger partial charge in [-0.3, -0.25) is 0 Å². The van der Waals surface area contributed by atoms with Crippen LogP contribution >= 0.6 is 0 Å². The van der Waals surface area contributed by atoms with Crippen LogP contribution in [0.15, 0.2) is 24.3 Å². The van der Waals surface area contributed by atoms with Crippen molar-refractivity contribution in [3.8, 4) is 0 Å². The number of aromatic carboxylic acids is 1. The van der Waals surface area contributed by atoms with Crippen molar-refractivity contribution in [3.05, 3.63) is 35.4 Å². The average Bonchev–Trinajstić information content (AvgIpc) is 2.24. The van der Waals surface area contributed by atoms with Crippen LogP contribution in [0, 0.1) is 5.41 Å². The molecule has 0 fully saturated rings. The lowest BCUT2D eigenvalue weighted by Gasteiger charge is -2.26. The van der Waals surface area contributed by atoms with Crippen molar-refractivity contribution >= 4 is 5.97 Å². The molecule has 100 valence electrons. The van der Waals surface area contributed by atoms with Crippen LogP contribution in [0.5, 0.6) is 0 Å². The van der Waals surface area contributed by atoms with E-state index in [-0.39, 0.29) is 5.41 Å². The van der Waals surface area contributed by atoms with Gasteiger partial charge in [0.25, 0.3) is 0 Å². The molecule has 0 bridgehead atoms. The number of hydrogen-bond donors (Lipinski definition) is 1. The Bertz CT molecular complexity index is 407. The van der Waals surface area contributed by atoms with E-state index in [1.165, 1.54) is 0 Å².